The van der Waals surface area contributed by atoms with E-state index in [1.807, 2.05) is 0 Å². The second-order valence-electron chi connectivity index (χ2n) is 9.69. The Morgan fingerprint density at radius 3 is 2.33 bits per heavy atom. The first kappa shape index (κ1) is 16.1. The van der Waals surface area contributed by atoms with E-state index in [9.17, 15) is 0 Å². The Hall–Kier alpha value is -1.37. The lowest BCUT2D eigenvalue weighted by Gasteiger charge is -2.31. The normalized spacial score (nSPS) is 31.7. The molecule has 1 aromatic heterocycles. The lowest BCUT2D eigenvalue weighted by atomic mass is 9.73. The van der Waals surface area contributed by atoms with E-state index in [1.165, 1.54) is 41.7 Å². The monoisotopic (exact) mass is 322 g/mol. The van der Waals surface area contributed by atoms with E-state index in [4.69, 9.17) is 0 Å². The minimum absolute atomic E-state index is 0.338. The second kappa shape index (κ2) is 5.58. The summed E-state index contributed by atoms with van der Waals surface area (Å²) in [5.41, 5.74) is 6.12. The van der Waals surface area contributed by atoms with Crippen LogP contribution in [0.5, 0.6) is 0 Å². The van der Waals surface area contributed by atoms with E-state index in [0.717, 1.165) is 30.1 Å². The molecule has 1 nitrogen and oxygen atoms in total. The van der Waals surface area contributed by atoms with Crippen LogP contribution in [-0.2, 0) is 13.5 Å². The molecular formula is C23H32N+. The molecule has 1 heteroatoms. The summed E-state index contributed by atoms with van der Waals surface area (Å²) in [6, 6.07) is 4.68. The SMILES string of the molecule is CC1=CC2C3CCC(C3)C2C=C1c1ccc(CC(C)(C)C)c[n+]1C. The highest BCUT2D eigenvalue weighted by molar-refractivity contribution is 5.76. The van der Waals surface area contributed by atoms with E-state index < -0.39 is 0 Å². The molecule has 4 unspecified atom stereocenters. The Morgan fingerprint density at radius 2 is 1.71 bits per heavy atom. The van der Waals surface area contributed by atoms with Crippen LogP contribution in [0.1, 0.15) is 58.2 Å². The van der Waals surface area contributed by atoms with Crippen LogP contribution in [0.15, 0.2) is 36.1 Å². The predicted molar refractivity (Wildman–Crippen MR) is 100 cm³/mol. The van der Waals surface area contributed by atoms with Crippen molar-refractivity contribution in [1.29, 1.82) is 0 Å². The molecule has 1 aromatic rings. The predicted octanol–water partition coefficient (Wildman–Crippen LogP) is 5.11. The fourth-order valence-corrected chi connectivity index (χ4v) is 5.53. The van der Waals surface area contributed by atoms with Gasteiger partial charge in [-0.05, 0) is 73.3 Å². The average Bonchev–Trinajstić information content (AvgIpc) is 3.07. The third kappa shape index (κ3) is 2.76. The summed E-state index contributed by atoms with van der Waals surface area (Å²) in [6.07, 6.45) is 13.1. The Morgan fingerprint density at radius 1 is 1.04 bits per heavy atom. The molecule has 0 saturated heterocycles. The molecule has 0 N–H and O–H groups in total. The molecular weight excluding hydrogens is 290 g/mol. The minimum Gasteiger partial charge on any atom is -0.201 e. The number of pyridine rings is 1. The van der Waals surface area contributed by atoms with Gasteiger partial charge in [-0.2, -0.15) is 0 Å². The quantitative estimate of drug-likeness (QED) is 0.667. The van der Waals surface area contributed by atoms with Gasteiger partial charge in [0, 0.05) is 17.2 Å². The summed E-state index contributed by atoms with van der Waals surface area (Å²) >= 11 is 0. The van der Waals surface area contributed by atoms with E-state index in [1.54, 1.807) is 0 Å². The van der Waals surface area contributed by atoms with Gasteiger partial charge in [-0.25, -0.2) is 4.57 Å². The largest absolute Gasteiger partial charge is 0.212 e. The lowest BCUT2D eigenvalue weighted by Crippen LogP contribution is -2.35. The number of nitrogens with zero attached hydrogens (tertiary/aromatic N) is 1. The lowest BCUT2D eigenvalue weighted by molar-refractivity contribution is -0.674. The molecule has 3 aliphatic rings. The van der Waals surface area contributed by atoms with Gasteiger partial charge in [-0.1, -0.05) is 32.9 Å². The maximum absolute atomic E-state index is 2.63. The molecule has 0 radical (unpaired) electrons. The van der Waals surface area contributed by atoms with Gasteiger partial charge >= 0.3 is 0 Å². The molecule has 1 heterocycles. The van der Waals surface area contributed by atoms with Crippen LogP contribution in [0, 0.1) is 29.1 Å². The van der Waals surface area contributed by atoms with E-state index in [0.29, 0.717) is 5.41 Å². The molecule has 128 valence electrons. The number of hydrogen-bond acceptors (Lipinski definition) is 0. The maximum atomic E-state index is 2.63. The average molecular weight is 323 g/mol. The molecule has 4 rings (SSSR count). The van der Waals surface area contributed by atoms with Crippen LogP contribution >= 0.6 is 0 Å². The Labute approximate surface area is 147 Å². The van der Waals surface area contributed by atoms with Crippen LogP contribution in [0.25, 0.3) is 5.57 Å². The van der Waals surface area contributed by atoms with Crippen LogP contribution in [0.2, 0.25) is 0 Å². The molecule has 0 aromatic carbocycles. The van der Waals surface area contributed by atoms with Gasteiger partial charge in [0.1, 0.15) is 7.05 Å². The van der Waals surface area contributed by atoms with E-state index in [2.05, 4.69) is 69.8 Å². The number of rotatable bonds is 2. The molecule has 3 aliphatic carbocycles. The van der Waals surface area contributed by atoms with Gasteiger partial charge in [-0.15, -0.1) is 0 Å². The highest BCUT2D eigenvalue weighted by atomic mass is 14.9. The summed E-state index contributed by atoms with van der Waals surface area (Å²) in [4.78, 5) is 0. The maximum Gasteiger partial charge on any atom is 0.212 e. The van der Waals surface area contributed by atoms with Crippen molar-refractivity contribution < 1.29 is 4.57 Å². The van der Waals surface area contributed by atoms with Crippen molar-refractivity contribution in [3.8, 4) is 0 Å². The van der Waals surface area contributed by atoms with Gasteiger partial charge in [0.25, 0.3) is 0 Å². The van der Waals surface area contributed by atoms with Gasteiger partial charge < -0.3 is 0 Å². The Kier molecular flexibility index (Phi) is 3.74. The zero-order valence-electron chi connectivity index (χ0n) is 16.0. The van der Waals surface area contributed by atoms with Crippen molar-refractivity contribution in [1.82, 2.24) is 0 Å². The zero-order chi connectivity index (χ0) is 17.1. The molecule has 2 fully saturated rings. The van der Waals surface area contributed by atoms with Crippen molar-refractivity contribution in [3.63, 3.8) is 0 Å². The second-order valence-corrected chi connectivity index (χ2v) is 9.69. The first-order valence-corrected chi connectivity index (χ1v) is 9.71. The van der Waals surface area contributed by atoms with Gasteiger partial charge in [0.05, 0.1) is 0 Å². The van der Waals surface area contributed by atoms with Crippen LogP contribution in [0.4, 0.5) is 0 Å². The fourth-order valence-electron chi connectivity index (χ4n) is 5.53. The fraction of sp³-hybridized carbons (Fsp3) is 0.609. The molecule has 4 atom stereocenters. The van der Waals surface area contributed by atoms with Crippen LogP contribution in [0.3, 0.4) is 0 Å². The van der Waals surface area contributed by atoms with Crippen molar-refractivity contribution in [2.24, 2.45) is 36.1 Å². The standard InChI is InChI=1S/C23H32N/c1-15-10-20-17-7-8-18(11-17)21(20)12-19(15)22-9-6-16(14-24(22)5)13-23(2,3)4/h6,9-10,12,14,17-18,20-21H,7-8,11,13H2,1-5H3/q+1. The summed E-state index contributed by atoms with van der Waals surface area (Å²) in [6.45, 7) is 9.25. The summed E-state index contributed by atoms with van der Waals surface area (Å²) in [5.74, 6) is 3.55. The van der Waals surface area contributed by atoms with Gasteiger partial charge in [0.15, 0.2) is 6.20 Å². The molecule has 2 bridgehead atoms. The third-order valence-electron chi connectivity index (χ3n) is 6.48. The Balaban J connectivity index is 1.65. The van der Waals surface area contributed by atoms with E-state index >= 15 is 0 Å². The van der Waals surface area contributed by atoms with E-state index in [-0.39, 0.29) is 0 Å². The van der Waals surface area contributed by atoms with Crippen molar-refractivity contribution >= 4 is 5.57 Å². The van der Waals surface area contributed by atoms with Gasteiger partial charge in [-0.3, -0.25) is 0 Å². The van der Waals surface area contributed by atoms with Crippen LogP contribution < -0.4 is 4.57 Å². The van der Waals surface area contributed by atoms with Crippen molar-refractivity contribution in [3.05, 3.63) is 47.3 Å². The zero-order valence-corrected chi connectivity index (χ0v) is 16.0. The number of aryl methyl sites for hydroxylation is 1. The number of allylic oxidation sites excluding steroid dienone is 4. The third-order valence-corrected chi connectivity index (χ3v) is 6.48. The van der Waals surface area contributed by atoms with Gasteiger partial charge in [0.2, 0.25) is 5.69 Å². The molecule has 24 heavy (non-hydrogen) atoms. The molecule has 0 aliphatic heterocycles. The summed E-state index contributed by atoms with van der Waals surface area (Å²) in [5, 5.41) is 0. The molecule has 2 saturated carbocycles. The first-order valence-electron chi connectivity index (χ1n) is 9.71. The number of aromatic nitrogens is 1. The minimum atomic E-state index is 0.338. The van der Waals surface area contributed by atoms with Crippen LogP contribution in [-0.4, -0.2) is 0 Å². The first-order chi connectivity index (χ1) is 11.3. The molecule has 0 amide bonds. The molecule has 0 spiro atoms. The smallest absolute Gasteiger partial charge is 0.201 e. The highest BCUT2D eigenvalue weighted by Gasteiger charge is 2.47. The Bertz CT molecular complexity index is 716. The topological polar surface area (TPSA) is 3.88 Å². The summed E-state index contributed by atoms with van der Waals surface area (Å²) in [7, 11) is 2.21. The number of hydrogen-bond donors (Lipinski definition) is 0. The number of fused-ring (bicyclic) bond motifs is 5. The summed E-state index contributed by atoms with van der Waals surface area (Å²) < 4.78 is 2.35. The van der Waals surface area contributed by atoms with Crippen molar-refractivity contribution in [2.45, 2.75) is 53.4 Å². The highest BCUT2D eigenvalue weighted by Crippen LogP contribution is 2.56. The van der Waals surface area contributed by atoms with Crippen molar-refractivity contribution in [2.75, 3.05) is 0 Å².